The van der Waals surface area contributed by atoms with Crippen LogP contribution in [0.15, 0.2) is 18.2 Å². The van der Waals surface area contributed by atoms with E-state index in [1.165, 1.54) is 11.1 Å². The summed E-state index contributed by atoms with van der Waals surface area (Å²) in [7, 11) is 0. The lowest BCUT2D eigenvalue weighted by molar-refractivity contribution is -0.188. The summed E-state index contributed by atoms with van der Waals surface area (Å²) < 4.78 is 6.09. The summed E-state index contributed by atoms with van der Waals surface area (Å²) in [4.78, 5) is 28.2. The predicted octanol–water partition coefficient (Wildman–Crippen LogP) is 3.02. The Balaban J connectivity index is 1.21. The first-order valence-corrected chi connectivity index (χ1v) is 14.0. The molecular weight excluding hydrogens is 456 g/mol. The quantitative estimate of drug-likeness (QED) is 0.395. The molecule has 3 fully saturated rings. The molecule has 3 aliphatic carbocycles. The van der Waals surface area contributed by atoms with Crippen molar-refractivity contribution in [2.45, 2.75) is 76.9 Å². The molecule has 1 saturated heterocycles. The highest BCUT2D eigenvalue weighted by atomic mass is 16.5. The van der Waals surface area contributed by atoms with Crippen molar-refractivity contribution in [1.29, 1.82) is 0 Å². The average molecular weight is 499 g/mol. The predicted molar refractivity (Wildman–Crippen MR) is 137 cm³/mol. The average Bonchev–Trinajstić information content (AvgIpc) is 3.13. The van der Waals surface area contributed by atoms with Gasteiger partial charge in [-0.3, -0.25) is 9.59 Å². The molecule has 0 spiro atoms. The van der Waals surface area contributed by atoms with Gasteiger partial charge in [-0.1, -0.05) is 13.0 Å². The Morgan fingerprint density at radius 2 is 1.97 bits per heavy atom. The van der Waals surface area contributed by atoms with Gasteiger partial charge in [-0.15, -0.1) is 0 Å². The fourth-order valence-corrected chi connectivity index (χ4v) is 7.70. The van der Waals surface area contributed by atoms with E-state index in [2.05, 4.69) is 35.3 Å². The fraction of sp³-hybridized carbons (Fsp3) is 0.724. The maximum atomic E-state index is 13.0. The maximum absolute atomic E-state index is 13.0. The van der Waals surface area contributed by atoms with Crippen molar-refractivity contribution < 1.29 is 24.5 Å². The lowest BCUT2D eigenvalue weighted by atomic mass is 9.54. The number of ether oxygens (including phenoxy) is 1. The topological polar surface area (TPSA) is 99.1 Å². The molecule has 1 amide bonds. The van der Waals surface area contributed by atoms with Gasteiger partial charge in [0.25, 0.3) is 0 Å². The van der Waals surface area contributed by atoms with Gasteiger partial charge in [0.1, 0.15) is 11.5 Å². The molecule has 3 N–H and O–H groups in total. The van der Waals surface area contributed by atoms with E-state index in [4.69, 9.17) is 4.74 Å². The highest BCUT2D eigenvalue weighted by molar-refractivity contribution is 5.94. The van der Waals surface area contributed by atoms with Crippen LogP contribution in [0.2, 0.25) is 0 Å². The minimum absolute atomic E-state index is 0.0615. The lowest BCUT2D eigenvalue weighted by Crippen LogP contribution is -2.46. The SMILES string of the molecule is CCNC(=O)[C@H]1CC(=O)[C@@]2(C)CC[C@@H]3c4ccc(OCCCN5CCC(O)(O)CC5)cc4CC[C@H]3[C@H]12. The number of aryl methyl sites for hydroxylation is 1. The van der Waals surface area contributed by atoms with Gasteiger partial charge in [-0.25, -0.2) is 0 Å². The molecule has 1 aromatic rings. The van der Waals surface area contributed by atoms with E-state index >= 15 is 0 Å². The van der Waals surface area contributed by atoms with E-state index in [1.54, 1.807) is 0 Å². The number of ketones is 1. The molecule has 2 saturated carbocycles. The zero-order valence-corrected chi connectivity index (χ0v) is 21.8. The van der Waals surface area contributed by atoms with Crippen LogP contribution in [0.3, 0.4) is 0 Å². The number of amides is 1. The van der Waals surface area contributed by atoms with Gasteiger partial charge in [-0.05, 0) is 80.0 Å². The van der Waals surface area contributed by atoms with Gasteiger partial charge in [0.15, 0.2) is 5.79 Å². The van der Waals surface area contributed by atoms with E-state index in [0.29, 0.717) is 57.3 Å². The number of rotatable bonds is 7. The van der Waals surface area contributed by atoms with Gasteiger partial charge in [0.05, 0.1) is 6.61 Å². The van der Waals surface area contributed by atoms with Gasteiger partial charge in [-0.2, -0.15) is 0 Å². The van der Waals surface area contributed by atoms with Crippen LogP contribution in [0.25, 0.3) is 0 Å². The molecule has 1 aromatic carbocycles. The third-order valence-electron chi connectivity index (χ3n) is 9.66. The van der Waals surface area contributed by atoms with Crippen LogP contribution in [-0.4, -0.2) is 65.4 Å². The summed E-state index contributed by atoms with van der Waals surface area (Å²) in [5.74, 6) is 0.493. The number of benzene rings is 1. The Kier molecular flexibility index (Phi) is 7.18. The molecule has 198 valence electrons. The lowest BCUT2D eigenvalue weighted by Gasteiger charge is -2.49. The molecule has 1 heterocycles. The van der Waals surface area contributed by atoms with Crippen molar-refractivity contribution in [3.05, 3.63) is 29.3 Å². The molecule has 0 radical (unpaired) electrons. The summed E-state index contributed by atoms with van der Waals surface area (Å²) >= 11 is 0. The van der Waals surface area contributed by atoms with Crippen LogP contribution in [0.5, 0.6) is 5.75 Å². The van der Waals surface area contributed by atoms with Crippen LogP contribution in [0.1, 0.15) is 75.8 Å². The van der Waals surface area contributed by atoms with E-state index in [1.807, 2.05) is 6.92 Å². The number of fused-ring (bicyclic) bond motifs is 5. The van der Waals surface area contributed by atoms with E-state index in [-0.39, 0.29) is 28.9 Å². The third kappa shape index (κ3) is 4.82. The van der Waals surface area contributed by atoms with Gasteiger partial charge in [0, 0.05) is 56.8 Å². The van der Waals surface area contributed by atoms with Crippen LogP contribution in [0, 0.1) is 23.2 Å². The summed E-state index contributed by atoms with van der Waals surface area (Å²) in [6, 6.07) is 6.52. The van der Waals surface area contributed by atoms with Gasteiger partial charge >= 0.3 is 0 Å². The number of hydrogen-bond acceptors (Lipinski definition) is 6. The number of hydrogen-bond donors (Lipinski definition) is 3. The molecule has 7 nitrogen and oxygen atoms in total. The number of piperidine rings is 1. The second-order valence-electron chi connectivity index (χ2n) is 11.8. The number of carbonyl (C=O) groups is 2. The first kappa shape index (κ1) is 25.7. The van der Waals surface area contributed by atoms with Crippen LogP contribution in [-0.2, 0) is 16.0 Å². The standard InChI is InChI=1S/C29H42N2O5/c1-3-30-27(33)24-18-25(32)28(2)10-9-22-21-8-6-20(17-19(21)5-7-23(22)26(24)28)36-16-4-13-31-14-11-29(34,35)12-15-31/h6,8,17,22-24,26,34-35H,3-5,7,9-16,18H2,1-2H3,(H,30,33)/t22-,23-,24+,26-,28-/m1/s1. The Morgan fingerprint density at radius 1 is 1.19 bits per heavy atom. The first-order chi connectivity index (χ1) is 17.2. The van der Waals surface area contributed by atoms with Crippen LogP contribution >= 0.6 is 0 Å². The minimum atomic E-state index is -1.50. The maximum Gasteiger partial charge on any atom is 0.223 e. The summed E-state index contributed by atoms with van der Waals surface area (Å²) in [5.41, 5.74) is 2.38. The van der Waals surface area contributed by atoms with Gasteiger partial charge < -0.3 is 25.2 Å². The smallest absolute Gasteiger partial charge is 0.223 e. The zero-order valence-electron chi connectivity index (χ0n) is 21.8. The van der Waals surface area contributed by atoms with Crippen molar-refractivity contribution in [3.8, 4) is 5.75 Å². The van der Waals surface area contributed by atoms with Crippen LogP contribution < -0.4 is 10.1 Å². The number of likely N-dealkylation sites (tertiary alicyclic amines) is 1. The number of carbonyl (C=O) groups excluding carboxylic acids is 2. The molecular formula is C29H42N2O5. The molecule has 5 atom stereocenters. The molecule has 0 aromatic heterocycles. The first-order valence-electron chi connectivity index (χ1n) is 14.0. The number of aliphatic hydroxyl groups is 2. The minimum Gasteiger partial charge on any atom is -0.494 e. The van der Waals surface area contributed by atoms with Gasteiger partial charge in [0.2, 0.25) is 5.91 Å². The highest BCUT2D eigenvalue weighted by Crippen LogP contribution is 2.61. The summed E-state index contributed by atoms with van der Waals surface area (Å²) in [5, 5.41) is 22.4. The largest absolute Gasteiger partial charge is 0.494 e. The zero-order chi connectivity index (χ0) is 25.5. The fourth-order valence-electron chi connectivity index (χ4n) is 7.70. The Hall–Kier alpha value is -1.96. The summed E-state index contributed by atoms with van der Waals surface area (Å²) in [6.45, 7) is 7.63. The normalized spacial score (nSPS) is 33.4. The van der Waals surface area contributed by atoms with E-state index in [0.717, 1.165) is 44.4 Å². The molecule has 36 heavy (non-hydrogen) atoms. The third-order valence-corrected chi connectivity index (χ3v) is 9.66. The van der Waals surface area contributed by atoms with E-state index in [9.17, 15) is 19.8 Å². The molecule has 7 heteroatoms. The Morgan fingerprint density at radius 3 is 2.72 bits per heavy atom. The number of nitrogens with zero attached hydrogens (tertiary/aromatic N) is 1. The molecule has 4 aliphatic rings. The summed E-state index contributed by atoms with van der Waals surface area (Å²) in [6.07, 6.45) is 5.98. The van der Waals surface area contributed by atoms with Crippen molar-refractivity contribution in [2.75, 3.05) is 32.8 Å². The van der Waals surface area contributed by atoms with E-state index < -0.39 is 5.79 Å². The number of Topliss-reactive ketones (excluding diaryl/α,β-unsaturated/α-hetero) is 1. The van der Waals surface area contributed by atoms with Crippen molar-refractivity contribution in [1.82, 2.24) is 10.2 Å². The van der Waals surface area contributed by atoms with Crippen molar-refractivity contribution in [3.63, 3.8) is 0 Å². The van der Waals surface area contributed by atoms with Crippen molar-refractivity contribution >= 4 is 11.7 Å². The Labute approximate surface area is 214 Å². The van der Waals surface area contributed by atoms with Crippen molar-refractivity contribution in [2.24, 2.45) is 23.2 Å². The monoisotopic (exact) mass is 498 g/mol. The number of nitrogens with one attached hydrogen (secondary N) is 1. The Bertz CT molecular complexity index is 984. The molecule has 1 aliphatic heterocycles. The second kappa shape index (κ2) is 10.1. The van der Waals surface area contributed by atoms with Crippen LogP contribution in [0.4, 0.5) is 0 Å². The highest BCUT2D eigenvalue weighted by Gasteiger charge is 2.60. The second-order valence-corrected chi connectivity index (χ2v) is 11.8. The molecule has 5 rings (SSSR count). The molecule has 0 bridgehead atoms. The molecule has 0 unspecified atom stereocenters.